The number of piperidine rings is 1. The quantitative estimate of drug-likeness (QED) is 0.794. The smallest absolute Gasteiger partial charge is 0.253 e. The minimum Gasteiger partial charge on any atom is -0.358 e. The van der Waals surface area contributed by atoms with Gasteiger partial charge in [-0.25, -0.2) is 8.42 Å². The van der Waals surface area contributed by atoms with Crippen LogP contribution in [-0.2, 0) is 14.8 Å². The number of carbonyl (C=O) groups excluding carboxylic acids is 1. The summed E-state index contributed by atoms with van der Waals surface area (Å²) in [6, 6.07) is 16.1. The van der Waals surface area contributed by atoms with Crippen molar-refractivity contribution in [1.82, 2.24) is 9.21 Å². The van der Waals surface area contributed by atoms with Gasteiger partial charge in [-0.2, -0.15) is 4.31 Å². The maximum Gasteiger partial charge on any atom is 0.253 e. The van der Waals surface area contributed by atoms with E-state index >= 15 is 0 Å². The number of carbonyl (C=O) groups is 1. The van der Waals surface area contributed by atoms with E-state index in [0.29, 0.717) is 44.6 Å². The number of benzene rings is 2. The lowest BCUT2D eigenvalue weighted by molar-refractivity contribution is -0.0857. The van der Waals surface area contributed by atoms with Gasteiger partial charge in [-0.3, -0.25) is 4.79 Å². The first-order chi connectivity index (χ1) is 13.4. The minimum absolute atomic E-state index is 0.0265. The molecule has 0 atom stereocenters. The van der Waals surface area contributed by atoms with E-state index < -0.39 is 15.7 Å². The number of amides is 1. The topological polar surface area (TPSA) is 66.9 Å². The van der Waals surface area contributed by atoms with E-state index in [0.717, 1.165) is 5.56 Å². The lowest BCUT2D eigenvalue weighted by Gasteiger charge is -2.42. The van der Waals surface area contributed by atoms with Gasteiger partial charge in [-0.05, 0) is 31.2 Å². The van der Waals surface area contributed by atoms with Crippen molar-refractivity contribution in [2.24, 2.45) is 0 Å². The summed E-state index contributed by atoms with van der Waals surface area (Å²) < 4.78 is 33.9. The fourth-order valence-electron chi connectivity index (χ4n) is 3.99. The van der Waals surface area contributed by atoms with Gasteiger partial charge in [-0.15, -0.1) is 0 Å². The molecule has 6 nitrogen and oxygen atoms in total. The molecule has 0 N–H and O–H groups in total. The second kappa shape index (κ2) is 7.31. The first kappa shape index (κ1) is 19.1. The molecule has 2 aromatic rings. The Morgan fingerprint density at radius 1 is 0.964 bits per heavy atom. The van der Waals surface area contributed by atoms with Crippen LogP contribution in [0.15, 0.2) is 59.5 Å². The number of ether oxygens (including phenoxy) is 1. The highest BCUT2D eigenvalue weighted by molar-refractivity contribution is 7.89. The first-order valence-electron chi connectivity index (χ1n) is 9.50. The van der Waals surface area contributed by atoms with Crippen LogP contribution in [0.1, 0.15) is 28.8 Å². The second-order valence-corrected chi connectivity index (χ2v) is 9.21. The molecule has 2 aliphatic rings. The van der Waals surface area contributed by atoms with Crippen molar-refractivity contribution in [2.75, 3.05) is 26.2 Å². The largest absolute Gasteiger partial charge is 0.358 e. The van der Waals surface area contributed by atoms with Gasteiger partial charge in [0.15, 0.2) is 0 Å². The zero-order chi connectivity index (χ0) is 19.8. The Bertz CT molecular complexity index is 950. The van der Waals surface area contributed by atoms with E-state index in [1.165, 1.54) is 4.31 Å². The molecule has 4 rings (SSSR count). The van der Waals surface area contributed by atoms with Crippen molar-refractivity contribution in [2.45, 2.75) is 30.4 Å². The predicted octanol–water partition coefficient (Wildman–Crippen LogP) is 2.65. The van der Waals surface area contributed by atoms with Crippen LogP contribution in [0.25, 0.3) is 0 Å². The summed E-state index contributed by atoms with van der Waals surface area (Å²) in [6.45, 7) is 3.57. The van der Waals surface area contributed by atoms with Crippen molar-refractivity contribution < 1.29 is 17.9 Å². The summed E-state index contributed by atoms with van der Waals surface area (Å²) in [5.74, 6) is -0.0265. The third-order valence-corrected chi connectivity index (χ3v) is 7.54. The van der Waals surface area contributed by atoms with E-state index in [9.17, 15) is 13.2 Å². The Hall–Kier alpha value is -2.22. The molecule has 2 heterocycles. The lowest BCUT2D eigenvalue weighted by Crippen LogP contribution is -2.55. The fraction of sp³-hybridized carbons (Fsp3) is 0.381. The normalized spacial score (nSPS) is 19.8. The van der Waals surface area contributed by atoms with Crippen LogP contribution >= 0.6 is 0 Å². The lowest BCUT2D eigenvalue weighted by atomic mass is 10.00. The van der Waals surface area contributed by atoms with Gasteiger partial charge < -0.3 is 9.64 Å². The molecule has 0 bridgehead atoms. The zero-order valence-electron chi connectivity index (χ0n) is 15.9. The number of rotatable bonds is 3. The summed E-state index contributed by atoms with van der Waals surface area (Å²) in [7, 11) is -3.65. The molecule has 0 saturated carbocycles. The van der Waals surface area contributed by atoms with Crippen molar-refractivity contribution >= 4 is 15.9 Å². The number of likely N-dealkylation sites (tertiary alicyclic amines) is 1. The molecular formula is C21H24N2O4S. The SMILES string of the molecule is Cc1ccc(S(=O)(=O)N2CCOC23CCN(C(=O)c2ccccc2)CC3)cc1. The highest BCUT2D eigenvalue weighted by Crippen LogP contribution is 2.38. The third kappa shape index (κ3) is 3.34. The van der Waals surface area contributed by atoms with Gasteiger partial charge in [-0.1, -0.05) is 35.9 Å². The van der Waals surface area contributed by atoms with Crippen LogP contribution in [0, 0.1) is 6.92 Å². The van der Waals surface area contributed by atoms with Gasteiger partial charge in [0.25, 0.3) is 5.91 Å². The third-order valence-electron chi connectivity index (χ3n) is 5.58. The molecular weight excluding hydrogens is 376 g/mol. The standard InChI is InChI=1S/C21H24N2O4S/c1-17-7-9-19(10-8-17)28(25,26)23-15-16-27-21(23)11-13-22(14-12-21)20(24)18-5-3-2-4-6-18/h2-10H,11-16H2,1H3. The molecule has 2 aliphatic heterocycles. The summed E-state index contributed by atoms with van der Waals surface area (Å²) >= 11 is 0. The van der Waals surface area contributed by atoms with Gasteiger partial charge in [0.1, 0.15) is 5.72 Å². The summed E-state index contributed by atoms with van der Waals surface area (Å²) in [4.78, 5) is 14.7. The van der Waals surface area contributed by atoms with Gasteiger partial charge in [0.2, 0.25) is 10.0 Å². The Kier molecular flexibility index (Phi) is 4.99. The Labute approximate surface area is 165 Å². The molecule has 0 aromatic heterocycles. The summed E-state index contributed by atoms with van der Waals surface area (Å²) in [5.41, 5.74) is 0.797. The molecule has 0 unspecified atom stereocenters. The van der Waals surface area contributed by atoms with Crippen molar-refractivity contribution in [3.63, 3.8) is 0 Å². The van der Waals surface area contributed by atoms with Gasteiger partial charge in [0, 0.05) is 38.0 Å². The number of hydrogen-bond acceptors (Lipinski definition) is 4. The summed E-state index contributed by atoms with van der Waals surface area (Å²) in [6.07, 6.45) is 0.938. The predicted molar refractivity (Wildman–Crippen MR) is 105 cm³/mol. The number of hydrogen-bond donors (Lipinski definition) is 0. The Morgan fingerprint density at radius 3 is 2.25 bits per heavy atom. The van der Waals surface area contributed by atoms with Crippen LogP contribution in [0.4, 0.5) is 0 Å². The van der Waals surface area contributed by atoms with E-state index in [1.807, 2.05) is 25.1 Å². The van der Waals surface area contributed by atoms with Crippen LogP contribution in [0.5, 0.6) is 0 Å². The molecule has 28 heavy (non-hydrogen) atoms. The second-order valence-electron chi connectivity index (χ2n) is 7.34. The van der Waals surface area contributed by atoms with Gasteiger partial charge in [0.05, 0.1) is 11.5 Å². The summed E-state index contributed by atoms with van der Waals surface area (Å²) in [5, 5.41) is 0. The van der Waals surface area contributed by atoms with E-state index in [-0.39, 0.29) is 10.8 Å². The monoisotopic (exact) mass is 400 g/mol. The molecule has 0 aliphatic carbocycles. The van der Waals surface area contributed by atoms with Crippen LogP contribution in [0.3, 0.4) is 0 Å². The molecule has 148 valence electrons. The number of aryl methyl sites for hydroxylation is 1. The van der Waals surface area contributed by atoms with E-state index in [4.69, 9.17) is 4.74 Å². The van der Waals surface area contributed by atoms with Crippen LogP contribution < -0.4 is 0 Å². The average Bonchev–Trinajstić information content (AvgIpc) is 3.13. The fourth-order valence-corrected chi connectivity index (χ4v) is 5.71. The zero-order valence-corrected chi connectivity index (χ0v) is 16.7. The van der Waals surface area contributed by atoms with Crippen molar-refractivity contribution in [3.05, 3.63) is 65.7 Å². The van der Waals surface area contributed by atoms with E-state index in [1.54, 1.807) is 41.3 Å². The maximum atomic E-state index is 13.2. The first-order valence-corrected chi connectivity index (χ1v) is 10.9. The molecule has 2 fully saturated rings. The van der Waals surface area contributed by atoms with Crippen LogP contribution in [0.2, 0.25) is 0 Å². The maximum absolute atomic E-state index is 13.2. The van der Waals surface area contributed by atoms with Crippen molar-refractivity contribution in [3.8, 4) is 0 Å². The highest BCUT2D eigenvalue weighted by Gasteiger charge is 2.50. The molecule has 2 aromatic carbocycles. The van der Waals surface area contributed by atoms with Crippen molar-refractivity contribution in [1.29, 1.82) is 0 Å². The number of nitrogens with zero attached hydrogens (tertiary/aromatic N) is 2. The van der Waals surface area contributed by atoms with Gasteiger partial charge >= 0.3 is 0 Å². The molecule has 2 saturated heterocycles. The molecule has 1 spiro atoms. The molecule has 7 heteroatoms. The Balaban J connectivity index is 1.52. The van der Waals surface area contributed by atoms with E-state index in [2.05, 4.69) is 0 Å². The highest BCUT2D eigenvalue weighted by atomic mass is 32.2. The van der Waals surface area contributed by atoms with Crippen LogP contribution in [-0.4, -0.2) is 55.5 Å². The number of sulfonamides is 1. The molecule has 1 amide bonds. The minimum atomic E-state index is -3.65. The Morgan fingerprint density at radius 2 is 1.61 bits per heavy atom. The molecule has 0 radical (unpaired) electrons. The average molecular weight is 401 g/mol.